The number of anilines is 1. The van der Waals surface area contributed by atoms with E-state index >= 15 is 0 Å². The van der Waals surface area contributed by atoms with Gasteiger partial charge < -0.3 is 15.4 Å². The zero-order valence-corrected chi connectivity index (χ0v) is 16.6. The Kier molecular flexibility index (Phi) is 5.76. The number of halogens is 3. The fraction of sp³-hybridized carbons (Fsp3) is 0.364. The summed E-state index contributed by atoms with van der Waals surface area (Å²) in [6, 6.07) is 9.94. The van der Waals surface area contributed by atoms with Crippen LogP contribution >= 0.6 is 0 Å². The highest BCUT2D eigenvalue weighted by molar-refractivity contribution is 5.92. The lowest BCUT2D eigenvalue weighted by molar-refractivity contribution is -0.138. The van der Waals surface area contributed by atoms with Crippen LogP contribution in [0.25, 0.3) is 10.8 Å². The van der Waals surface area contributed by atoms with E-state index in [1.54, 1.807) is 12.3 Å². The number of hydrogen-bond donors (Lipinski definition) is 2. The molecule has 2 N–H and O–H groups in total. The van der Waals surface area contributed by atoms with E-state index in [4.69, 9.17) is 4.74 Å². The molecule has 3 aromatic rings. The third-order valence-electron chi connectivity index (χ3n) is 5.42. The van der Waals surface area contributed by atoms with Gasteiger partial charge in [0, 0.05) is 17.3 Å². The van der Waals surface area contributed by atoms with Crippen molar-refractivity contribution in [2.75, 3.05) is 18.4 Å². The van der Waals surface area contributed by atoms with Gasteiger partial charge in [-0.2, -0.15) is 18.3 Å². The molecule has 30 heavy (non-hydrogen) atoms. The molecule has 1 aliphatic heterocycles. The molecular formula is C22H23F3N4O. The molecule has 1 aliphatic rings. The molecule has 0 unspecified atom stereocenters. The maximum absolute atomic E-state index is 13.2. The van der Waals surface area contributed by atoms with E-state index in [1.807, 2.05) is 18.2 Å². The molecule has 8 heteroatoms. The van der Waals surface area contributed by atoms with Gasteiger partial charge in [0.15, 0.2) is 5.82 Å². The molecule has 2 heterocycles. The fourth-order valence-corrected chi connectivity index (χ4v) is 3.73. The third-order valence-corrected chi connectivity index (χ3v) is 5.42. The van der Waals surface area contributed by atoms with Gasteiger partial charge in [-0.1, -0.05) is 12.1 Å². The molecule has 0 radical (unpaired) electrons. The van der Waals surface area contributed by atoms with Gasteiger partial charge >= 0.3 is 6.18 Å². The Bertz CT molecular complexity index is 1030. The van der Waals surface area contributed by atoms with Crippen LogP contribution in [0.5, 0.6) is 5.75 Å². The number of alkyl halides is 3. The number of fused-ring (bicyclic) bond motifs is 1. The number of rotatable bonds is 5. The zero-order valence-electron chi connectivity index (χ0n) is 16.6. The van der Waals surface area contributed by atoms with Gasteiger partial charge in [-0.15, -0.1) is 5.10 Å². The largest absolute Gasteiger partial charge is 0.490 e. The quantitative estimate of drug-likeness (QED) is 0.631. The van der Waals surface area contributed by atoms with Crippen LogP contribution in [0.4, 0.5) is 19.0 Å². The van der Waals surface area contributed by atoms with Gasteiger partial charge in [0.1, 0.15) is 11.9 Å². The Morgan fingerprint density at radius 3 is 2.73 bits per heavy atom. The van der Waals surface area contributed by atoms with Crippen molar-refractivity contribution in [1.82, 2.24) is 15.5 Å². The van der Waals surface area contributed by atoms with E-state index in [9.17, 15) is 13.2 Å². The van der Waals surface area contributed by atoms with Crippen LogP contribution in [0.2, 0.25) is 0 Å². The van der Waals surface area contributed by atoms with Crippen LogP contribution in [0.15, 0.2) is 42.6 Å². The smallest absolute Gasteiger partial charge is 0.416 e. The van der Waals surface area contributed by atoms with Gasteiger partial charge in [0.05, 0.1) is 11.8 Å². The molecule has 0 aliphatic carbocycles. The van der Waals surface area contributed by atoms with E-state index in [1.165, 1.54) is 13.0 Å². The van der Waals surface area contributed by atoms with Crippen molar-refractivity contribution in [3.63, 3.8) is 0 Å². The summed E-state index contributed by atoms with van der Waals surface area (Å²) in [4.78, 5) is 0. The van der Waals surface area contributed by atoms with Crippen LogP contribution in [-0.2, 0) is 12.7 Å². The minimum atomic E-state index is -4.37. The summed E-state index contributed by atoms with van der Waals surface area (Å²) in [7, 11) is 0. The fourth-order valence-electron chi connectivity index (χ4n) is 3.73. The standard InChI is InChI=1S/C22H23F3N4O/c1-14-15(3-2-4-20(14)22(23,24)25)12-27-21-19-11-18(6-5-16(19)13-28-29-21)30-17-7-9-26-10-8-17/h2-6,11,13,17,26H,7-10,12H2,1H3,(H,27,29). The van der Waals surface area contributed by atoms with Crippen molar-refractivity contribution in [2.24, 2.45) is 0 Å². The average molecular weight is 416 g/mol. The lowest BCUT2D eigenvalue weighted by Gasteiger charge is -2.24. The zero-order chi connectivity index (χ0) is 21.1. The molecule has 4 rings (SSSR count). The van der Waals surface area contributed by atoms with Gasteiger partial charge in [-0.05, 0) is 68.2 Å². The Morgan fingerprint density at radius 2 is 1.97 bits per heavy atom. The van der Waals surface area contributed by atoms with Gasteiger partial charge in [-0.3, -0.25) is 0 Å². The number of nitrogens with zero attached hydrogens (tertiary/aromatic N) is 2. The molecule has 158 valence electrons. The summed E-state index contributed by atoms with van der Waals surface area (Å²) in [5.41, 5.74) is 0.148. The number of ether oxygens (including phenoxy) is 1. The van der Waals surface area contributed by atoms with E-state index in [2.05, 4.69) is 20.8 Å². The third kappa shape index (κ3) is 4.48. The molecule has 1 fully saturated rings. The highest BCUT2D eigenvalue weighted by Crippen LogP contribution is 2.33. The Hall–Kier alpha value is -2.87. The van der Waals surface area contributed by atoms with Crippen LogP contribution in [0.1, 0.15) is 29.5 Å². The van der Waals surface area contributed by atoms with Crippen molar-refractivity contribution in [3.05, 3.63) is 59.3 Å². The molecule has 0 bridgehead atoms. The summed E-state index contributed by atoms with van der Waals surface area (Å²) < 4.78 is 45.6. The summed E-state index contributed by atoms with van der Waals surface area (Å²) in [6.45, 7) is 3.57. The summed E-state index contributed by atoms with van der Waals surface area (Å²) in [5, 5.41) is 16.3. The van der Waals surface area contributed by atoms with Gasteiger partial charge in [0.25, 0.3) is 0 Å². The molecule has 0 atom stereocenters. The number of hydrogen-bond acceptors (Lipinski definition) is 5. The minimum Gasteiger partial charge on any atom is -0.490 e. The Balaban J connectivity index is 1.56. The molecule has 1 aromatic heterocycles. The number of benzene rings is 2. The predicted molar refractivity (Wildman–Crippen MR) is 110 cm³/mol. The van der Waals surface area contributed by atoms with Crippen molar-refractivity contribution < 1.29 is 17.9 Å². The first-order valence-electron chi connectivity index (χ1n) is 9.94. The molecule has 5 nitrogen and oxygen atoms in total. The molecule has 0 amide bonds. The van der Waals surface area contributed by atoms with E-state index < -0.39 is 11.7 Å². The summed E-state index contributed by atoms with van der Waals surface area (Å²) >= 11 is 0. The molecule has 1 saturated heterocycles. The van der Waals surface area contributed by atoms with E-state index in [0.29, 0.717) is 11.4 Å². The molecule has 0 saturated carbocycles. The van der Waals surface area contributed by atoms with E-state index in [-0.39, 0.29) is 18.2 Å². The first-order chi connectivity index (χ1) is 14.4. The number of piperidine rings is 1. The van der Waals surface area contributed by atoms with Crippen molar-refractivity contribution in [2.45, 2.75) is 38.6 Å². The topological polar surface area (TPSA) is 59.1 Å². The highest BCUT2D eigenvalue weighted by atomic mass is 19.4. The van der Waals surface area contributed by atoms with Crippen molar-refractivity contribution >= 4 is 16.6 Å². The highest BCUT2D eigenvalue weighted by Gasteiger charge is 2.32. The SMILES string of the molecule is Cc1c(CNc2nncc3ccc(OC4CCNCC4)cc23)cccc1C(F)(F)F. The van der Waals surface area contributed by atoms with Crippen LogP contribution < -0.4 is 15.4 Å². The van der Waals surface area contributed by atoms with Gasteiger partial charge in [-0.25, -0.2) is 0 Å². The van der Waals surface area contributed by atoms with Crippen molar-refractivity contribution in [1.29, 1.82) is 0 Å². The average Bonchev–Trinajstić information content (AvgIpc) is 2.73. The molecule has 2 aromatic carbocycles. The van der Waals surface area contributed by atoms with E-state index in [0.717, 1.165) is 48.5 Å². The first-order valence-corrected chi connectivity index (χ1v) is 9.94. The van der Waals surface area contributed by atoms with Crippen LogP contribution in [0, 0.1) is 6.92 Å². The van der Waals surface area contributed by atoms with Crippen LogP contribution in [0.3, 0.4) is 0 Å². The summed E-state index contributed by atoms with van der Waals surface area (Å²) in [6.07, 6.45) is -0.647. The van der Waals surface area contributed by atoms with Crippen LogP contribution in [-0.4, -0.2) is 29.4 Å². The minimum absolute atomic E-state index is 0.169. The first kappa shape index (κ1) is 20.4. The molecular weight excluding hydrogens is 393 g/mol. The second-order valence-corrected chi connectivity index (χ2v) is 7.45. The lowest BCUT2D eigenvalue weighted by atomic mass is 10.0. The maximum atomic E-state index is 13.2. The second-order valence-electron chi connectivity index (χ2n) is 7.45. The van der Waals surface area contributed by atoms with Gasteiger partial charge in [0.2, 0.25) is 0 Å². The maximum Gasteiger partial charge on any atom is 0.416 e. The second kappa shape index (κ2) is 8.47. The van der Waals surface area contributed by atoms with Crippen molar-refractivity contribution in [3.8, 4) is 5.75 Å². The Labute approximate surface area is 172 Å². The summed E-state index contributed by atoms with van der Waals surface area (Å²) in [5.74, 6) is 1.26. The predicted octanol–water partition coefficient (Wildman–Crippen LogP) is 4.70. The number of aromatic nitrogens is 2. The normalized spacial score (nSPS) is 15.3. The Morgan fingerprint density at radius 1 is 1.17 bits per heavy atom. The lowest BCUT2D eigenvalue weighted by Crippen LogP contribution is -2.34. The molecule has 0 spiro atoms. The number of nitrogens with one attached hydrogen (secondary N) is 2. The monoisotopic (exact) mass is 416 g/mol.